The predicted octanol–water partition coefficient (Wildman–Crippen LogP) is 4.28. The summed E-state index contributed by atoms with van der Waals surface area (Å²) in [4.78, 5) is 13.4. The van der Waals surface area contributed by atoms with E-state index in [1.807, 2.05) is 42.5 Å². The fourth-order valence-corrected chi connectivity index (χ4v) is 2.92. The van der Waals surface area contributed by atoms with Crippen molar-refractivity contribution in [2.45, 2.75) is 0 Å². The molecular formula is C21H15N3O2. The molecule has 0 bridgehead atoms. The lowest BCUT2D eigenvalue weighted by Gasteiger charge is -2.14. The van der Waals surface area contributed by atoms with Gasteiger partial charge in [0.05, 0.1) is 17.1 Å². The van der Waals surface area contributed by atoms with Gasteiger partial charge < -0.3 is 10.2 Å². The van der Waals surface area contributed by atoms with E-state index in [1.54, 1.807) is 30.7 Å². The van der Waals surface area contributed by atoms with Crippen LogP contribution >= 0.6 is 0 Å². The second kappa shape index (κ2) is 6.64. The summed E-state index contributed by atoms with van der Waals surface area (Å²) in [6, 6.07) is 17.6. The molecule has 0 atom stereocenters. The van der Waals surface area contributed by atoms with Gasteiger partial charge in [-0.3, -0.25) is 15.0 Å². The fourth-order valence-electron chi connectivity index (χ4n) is 2.92. The summed E-state index contributed by atoms with van der Waals surface area (Å²) in [5.74, 6) is -0.0219. The van der Waals surface area contributed by atoms with E-state index in [1.165, 1.54) is 6.07 Å². The third-order valence-electron chi connectivity index (χ3n) is 3.99. The number of benzene rings is 1. The van der Waals surface area contributed by atoms with E-state index < -0.39 is 0 Å². The minimum atomic E-state index is -0.0110. The molecule has 0 aliphatic rings. The van der Waals surface area contributed by atoms with Crippen molar-refractivity contribution < 1.29 is 10.2 Å². The molecule has 0 aliphatic carbocycles. The molecule has 0 aliphatic heterocycles. The van der Waals surface area contributed by atoms with Crippen LogP contribution in [0.4, 0.5) is 0 Å². The molecule has 4 rings (SSSR count). The Morgan fingerprint density at radius 1 is 0.615 bits per heavy atom. The van der Waals surface area contributed by atoms with Gasteiger partial charge in [-0.05, 0) is 53.6 Å². The molecule has 126 valence electrons. The number of aromatic nitrogens is 3. The highest BCUT2D eigenvalue weighted by atomic mass is 16.3. The zero-order valence-corrected chi connectivity index (χ0v) is 13.7. The highest BCUT2D eigenvalue weighted by molar-refractivity contribution is 5.91. The Bertz CT molecular complexity index is 1030. The molecule has 5 heteroatoms. The topological polar surface area (TPSA) is 79.1 Å². The number of aromatic hydroxyl groups is 2. The normalized spacial score (nSPS) is 10.6. The van der Waals surface area contributed by atoms with Crippen LogP contribution in [0, 0.1) is 0 Å². The SMILES string of the molecule is Oc1cc(O)cc(-c2ccnc(-c3ccccn3)c2-c2ccccn2)c1. The number of hydrogen-bond acceptors (Lipinski definition) is 5. The number of rotatable bonds is 3. The second-order valence-electron chi connectivity index (χ2n) is 5.75. The average Bonchev–Trinajstić information content (AvgIpc) is 2.68. The first kappa shape index (κ1) is 15.8. The van der Waals surface area contributed by atoms with E-state index in [4.69, 9.17) is 0 Å². The summed E-state index contributed by atoms with van der Waals surface area (Å²) in [6.45, 7) is 0. The van der Waals surface area contributed by atoms with Crippen LogP contribution < -0.4 is 0 Å². The lowest BCUT2D eigenvalue weighted by Crippen LogP contribution is -1.96. The van der Waals surface area contributed by atoms with Crippen molar-refractivity contribution in [3.63, 3.8) is 0 Å². The molecule has 0 unspecified atom stereocenters. The molecule has 1 aromatic carbocycles. The summed E-state index contributed by atoms with van der Waals surface area (Å²) in [5, 5.41) is 19.8. The van der Waals surface area contributed by atoms with Gasteiger partial charge in [-0.15, -0.1) is 0 Å². The highest BCUT2D eigenvalue weighted by Gasteiger charge is 2.17. The van der Waals surface area contributed by atoms with Crippen LogP contribution in [0.3, 0.4) is 0 Å². The van der Waals surface area contributed by atoms with Gasteiger partial charge in [-0.2, -0.15) is 0 Å². The van der Waals surface area contributed by atoms with Crippen molar-refractivity contribution in [1.29, 1.82) is 0 Å². The summed E-state index contributed by atoms with van der Waals surface area (Å²) < 4.78 is 0. The zero-order chi connectivity index (χ0) is 17.9. The molecule has 5 nitrogen and oxygen atoms in total. The number of pyridine rings is 3. The number of phenols is 2. The van der Waals surface area contributed by atoms with E-state index in [0.717, 1.165) is 22.5 Å². The van der Waals surface area contributed by atoms with E-state index in [0.29, 0.717) is 11.3 Å². The van der Waals surface area contributed by atoms with Gasteiger partial charge in [-0.25, -0.2) is 0 Å². The van der Waals surface area contributed by atoms with Gasteiger partial charge in [0.25, 0.3) is 0 Å². The molecule has 0 saturated heterocycles. The lowest BCUT2D eigenvalue weighted by atomic mass is 9.95. The van der Waals surface area contributed by atoms with Crippen molar-refractivity contribution in [3.8, 4) is 45.3 Å². The van der Waals surface area contributed by atoms with Crippen LogP contribution in [0.15, 0.2) is 79.3 Å². The molecule has 3 heterocycles. The van der Waals surface area contributed by atoms with Crippen LogP contribution in [0.2, 0.25) is 0 Å². The van der Waals surface area contributed by atoms with E-state index in [-0.39, 0.29) is 11.5 Å². The standard InChI is InChI=1S/C21H15N3O2/c25-15-11-14(12-16(26)13-15)17-7-10-24-21(19-6-2-4-9-23-19)20(17)18-5-1-3-8-22-18/h1-13,25-26H. The van der Waals surface area contributed by atoms with Crippen molar-refractivity contribution in [2.24, 2.45) is 0 Å². The zero-order valence-electron chi connectivity index (χ0n) is 13.7. The summed E-state index contributed by atoms with van der Waals surface area (Å²) >= 11 is 0. The van der Waals surface area contributed by atoms with Crippen LogP contribution in [-0.2, 0) is 0 Å². The maximum Gasteiger partial charge on any atom is 0.119 e. The first-order valence-electron chi connectivity index (χ1n) is 8.07. The van der Waals surface area contributed by atoms with Crippen LogP contribution in [0.5, 0.6) is 11.5 Å². The number of nitrogens with zero attached hydrogens (tertiary/aromatic N) is 3. The Morgan fingerprint density at radius 2 is 1.27 bits per heavy atom. The Morgan fingerprint density at radius 3 is 1.88 bits per heavy atom. The van der Waals surface area contributed by atoms with Gasteiger partial charge in [0.15, 0.2) is 0 Å². The van der Waals surface area contributed by atoms with Crippen LogP contribution in [0.25, 0.3) is 33.8 Å². The minimum absolute atomic E-state index is 0.0110. The molecule has 2 N–H and O–H groups in total. The Hall–Kier alpha value is -3.73. The molecular weight excluding hydrogens is 326 g/mol. The Balaban J connectivity index is 2.03. The first-order valence-corrected chi connectivity index (χ1v) is 8.07. The van der Waals surface area contributed by atoms with Crippen LogP contribution in [0.1, 0.15) is 0 Å². The maximum atomic E-state index is 9.90. The van der Waals surface area contributed by atoms with Crippen molar-refractivity contribution in [1.82, 2.24) is 15.0 Å². The maximum absolute atomic E-state index is 9.90. The molecule has 3 aromatic heterocycles. The van der Waals surface area contributed by atoms with Gasteiger partial charge in [-0.1, -0.05) is 12.1 Å². The highest BCUT2D eigenvalue weighted by Crippen LogP contribution is 2.39. The summed E-state index contributed by atoms with van der Waals surface area (Å²) in [5.41, 5.74) is 4.40. The summed E-state index contributed by atoms with van der Waals surface area (Å²) in [7, 11) is 0. The fraction of sp³-hybridized carbons (Fsp3) is 0. The quantitative estimate of drug-likeness (QED) is 0.581. The van der Waals surface area contributed by atoms with Crippen molar-refractivity contribution in [2.75, 3.05) is 0 Å². The second-order valence-corrected chi connectivity index (χ2v) is 5.75. The lowest BCUT2D eigenvalue weighted by molar-refractivity contribution is 0.451. The van der Waals surface area contributed by atoms with Crippen LogP contribution in [-0.4, -0.2) is 25.2 Å². The molecule has 0 radical (unpaired) electrons. The molecule has 0 amide bonds. The van der Waals surface area contributed by atoms with Gasteiger partial charge in [0.2, 0.25) is 0 Å². The molecule has 0 fully saturated rings. The van der Waals surface area contributed by atoms with Gasteiger partial charge in [0.1, 0.15) is 11.5 Å². The first-order chi connectivity index (χ1) is 12.7. The Labute approximate surface area is 150 Å². The third-order valence-corrected chi connectivity index (χ3v) is 3.99. The van der Waals surface area contributed by atoms with E-state index in [2.05, 4.69) is 15.0 Å². The smallest absolute Gasteiger partial charge is 0.119 e. The third kappa shape index (κ3) is 2.98. The predicted molar refractivity (Wildman–Crippen MR) is 99.5 cm³/mol. The molecule has 26 heavy (non-hydrogen) atoms. The van der Waals surface area contributed by atoms with Gasteiger partial charge >= 0.3 is 0 Å². The number of phenolic OH excluding ortho intramolecular Hbond substituents is 2. The number of hydrogen-bond donors (Lipinski definition) is 2. The minimum Gasteiger partial charge on any atom is -0.508 e. The van der Waals surface area contributed by atoms with E-state index in [9.17, 15) is 10.2 Å². The van der Waals surface area contributed by atoms with Crippen molar-refractivity contribution >= 4 is 0 Å². The van der Waals surface area contributed by atoms with Crippen molar-refractivity contribution in [3.05, 3.63) is 79.3 Å². The van der Waals surface area contributed by atoms with Gasteiger partial charge in [0, 0.05) is 30.2 Å². The van der Waals surface area contributed by atoms with E-state index >= 15 is 0 Å². The molecule has 4 aromatic rings. The Kier molecular flexibility index (Phi) is 4.03. The largest absolute Gasteiger partial charge is 0.508 e. The molecule has 0 saturated carbocycles. The monoisotopic (exact) mass is 341 g/mol. The molecule has 0 spiro atoms. The summed E-state index contributed by atoms with van der Waals surface area (Å²) in [6.07, 6.45) is 5.12. The average molecular weight is 341 g/mol.